The van der Waals surface area contributed by atoms with Gasteiger partial charge in [-0.25, -0.2) is 8.42 Å². The number of sulfone groups is 1. The lowest BCUT2D eigenvalue weighted by molar-refractivity contribution is 0.539. The Labute approximate surface area is 97.8 Å². The SMILES string of the molecule is CNC(C)C(C)S(=O)(=O)c1ccc(C)cc1. The van der Waals surface area contributed by atoms with E-state index in [1.54, 1.807) is 26.1 Å². The summed E-state index contributed by atoms with van der Waals surface area (Å²) in [6, 6.07) is 6.92. The van der Waals surface area contributed by atoms with Gasteiger partial charge in [0.25, 0.3) is 0 Å². The maximum Gasteiger partial charge on any atom is 0.182 e. The number of hydrogen-bond donors (Lipinski definition) is 1. The van der Waals surface area contributed by atoms with Crippen molar-refractivity contribution in [2.24, 2.45) is 0 Å². The molecule has 0 fully saturated rings. The highest BCUT2D eigenvalue weighted by atomic mass is 32.2. The molecule has 0 aliphatic rings. The van der Waals surface area contributed by atoms with Crippen LogP contribution in [0.25, 0.3) is 0 Å². The summed E-state index contributed by atoms with van der Waals surface area (Å²) >= 11 is 0. The van der Waals surface area contributed by atoms with Crippen LogP contribution in [0.3, 0.4) is 0 Å². The lowest BCUT2D eigenvalue weighted by Gasteiger charge is -2.19. The van der Waals surface area contributed by atoms with Crippen molar-refractivity contribution >= 4 is 9.84 Å². The van der Waals surface area contributed by atoms with Gasteiger partial charge in [0.2, 0.25) is 0 Å². The molecule has 1 N–H and O–H groups in total. The second-order valence-corrected chi connectivity index (χ2v) is 6.45. The van der Waals surface area contributed by atoms with Crippen LogP contribution in [0.5, 0.6) is 0 Å². The van der Waals surface area contributed by atoms with Crippen molar-refractivity contribution in [3.8, 4) is 0 Å². The smallest absolute Gasteiger partial charge is 0.182 e. The molecule has 0 heterocycles. The first-order valence-corrected chi connectivity index (χ1v) is 6.92. The van der Waals surface area contributed by atoms with Gasteiger partial charge in [-0.2, -0.15) is 0 Å². The molecule has 0 spiro atoms. The predicted molar refractivity (Wildman–Crippen MR) is 66.3 cm³/mol. The Bertz CT molecular complexity index is 437. The van der Waals surface area contributed by atoms with Crippen LogP contribution < -0.4 is 5.32 Å². The van der Waals surface area contributed by atoms with Gasteiger partial charge in [0, 0.05) is 6.04 Å². The molecular formula is C12H19NO2S. The molecule has 0 radical (unpaired) electrons. The first-order chi connectivity index (χ1) is 7.39. The van der Waals surface area contributed by atoms with Gasteiger partial charge in [0.1, 0.15) is 0 Å². The number of rotatable bonds is 4. The third-order valence-electron chi connectivity index (χ3n) is 3.00. The molecule has 0 amide bonds. The Morgan fingerprint density at radius 3 is 2.06 bits per heavy atom. The van der Waals surface area contributed by atoms with Gasteiger partial charge < -0.3 is 5.32 Å². The van der Waals surface area contributed by atoms with Gasteiger partial charge in [-0.1, -0.05) is 17.7 Å². The van der Waals surface area contributed by atoms with Crippen LogP contribution in [-0.4, -0.2) is 26.8 Å². The lowest BCUT2D eigenvalue weighted by Crippen LogP contribution is -2.38. The highest BCUT2D eigenvalue weighted by molar-refractivity contribution is 7.92. The van der Waals surface area contributed by atoms with Gasteiger partial charge >= 0.3 is 0 Å². The van der Waals surface area contributed by atoms with Gasteiger partial charge in [-0.3, -0.25) is 0 Å². The van der Waals surface area contributed by atoms with Crippen LogP contribution >= 0.6 is 0 Å². The van der Waals surface area contributed by atoms with E-state index in [2.05, 4.69) is 5.32 Å². The van der Waals surface area contributed by atoms with E-state index in [0.29, 0.717) is 4.90 Å². The molecule has 0 aromatic heterocycles. The zero-order valence-corrected chi connectivity index (χ0v) is 11.0. The molecule has 0 aliphatic carbocycles. The largest absolute Gasteiger partial charge is 0.316 e. The molecule has 0 bridgehead atoms. The summed E-state index contributed by atoms with van der Waals surface area (Å²) in [6.07, 6.45) is 0. The fourth-order valence-corrected chi connectivity index (χ4v) is 3.06. The maximum atomic E-state index is 12.2. The average molecular weight is 241 g/mol. The maximum absolute atomic E-state index is 12.2. The minimum Gasteiger partial charge on any atom is -0.316 e. The Morgan fingerprint density at radius 1 is 1.12 bits per heavy atom. The van der Waals surface area contributed by atoms with Gasteiger partial charge in [-0.15, -0.1) is 0 Å². The molecular weight excluding hydrogens is 222 g/mol. The Morgan fingerprint density at radius 2 is 1.62 bits per heavy atom. The van der Waals surface area contributed by atoms with Crippen LogP contribution in [0.15, 0.2) is 29.2 Å². The summed E-state index contributed by atoms with van der Waals surface area (Å²) in [6.45, 7) is 5.54. The second-order valence-electron chi connectivity index (χ2n) is 4.14. The van der Waals surface area contributed by atoms with Crippen molar-refractivity contribution in [1.82, 2.24) is 5.32 Å². The van der Waals surface area contributed by atoms with E-state index in [0.717, 1.165) is 5.56 Å². The number of benzene rings is 1. The summed E-state index contributed by atoms with van der Waals surface area (Å²) in [5, 5.41) is 2.54. The highest BCUT2D eigenvalue weighted by Crippen LogP contribution is 2.18. The number of aryl methyl sites for hydroxylation is 1. The molecule has 3 nitrogen and oxygen atoms in total. The van der Waals surface area contributed by atoms with Crippen LogP contribution in [-0.2, 0) is 9.84 Å². The lowest BCUT2D eigenvalue weighted by atomic mass is 10.2. The van der Waals surface area contributed by atoms with Gasteiger partial charge in [0.05, 0.1) is 10.1 Å². The Kier molecular flexibility index (Phi) is 4.10. The van der Waals surface area contributed by atoms with Crippen molar-refractivity contribution in [2.75, 3.05) is 7.05 Å². The van der Waals surface area contributed by atoms with E-state index in [-0.39, 0.29) is 6.04 Å². The molecule has 0 saturated carbocycles. The molecule has 0 saturated heterocycles. The zero-order valence-electron chi connectivity index (χ0n) is 10.2. The molecule has 90 valence electrons. The molecule has 2 unspecified atom stereocenters. The van der Waals surface area contributed by atoms with Crippen LogP contribution in [0.1, 0.15) is 19.4 Å². The molecule has 1 aromatic rings. The summed E-state index contributed by atoms with van der Waals surface area (Å²) < 4.78 is 24.4. The third kappa shape index (κ3) is 2.62. The van der Waals surface area contributed by atoms with E-state index in [1.165, 1.54) is 0 Å². The highest BCUT2D eigenvalue weighted by Gasteiger charge is 2.27. The van der Waals surface area contributed by atoms with E-state index in [9.17, 15) is 8.42 Å². The van der Waals surface area contributed by atoms with Crippen molar-refractivity contribution < 1.29 is 8.42 Å². The third-order valence-corrected chi connectivity index (χ3v) is 5.31. The fourth-order valence-electron chi connectivity index (χ4n) is 1.45. The summed E-state index contributed by atoms with van der Waals surface area (Å²) in [7, 11) is -1.46. The normalized spacial score (nSPS) is 15.8. The standard InChI is InChI=1S/C12H19NO2S/c1-9-5-7-12(8-6-9)16(14,15)11(3)10(2)13-4/h5-8,10-11,13H,1-4H3. The van der Waals surface area contributed by atoms with Gasteiger partial charge in [0.15, 0.2) is 9.84 Å². The molecule has 0 aliphatic heterocycles. The quantitative estimate of drug-likeness (QED) is 0.874. The van der Waals surface area contributed by atoms with E-state index < -0.39 is 15.1 Å². The number of hydrogen-bond acceptors (Lipinski definition) is 3. The summed E-state index contributed by atoms with van der Waals surface area (Å²) in [5.41, 5.74) is 1.06. The van der Waals surface area contributed by atoms with Crippen molar-refractivity contribution in [3.05, 3.63) is 29.8 Å². The van der Waals surface area contributed by atoms with Crippen molar-refractivity contribution in [2.45, 2.75) is 37.0 Å². The summed E-state index contributed by atoms with van der Waals surface area (Å²) in [4.78, 5) is 0.396. The van der Waals surface area contributed by atoms with E-state index in [4.69, 9.17) is 0 Å². The summed E-state index contributed by atoms with van der Waals surface area (Å²) in [5.74, 6) is 0. The van der Waals surface area contributed by atoms with Crippen molar-refractivity contribution in [3.63, 3.8) is 0 Å². The minimum absolute atomic E-state index is 0.0636. The molecule has 4 heteroatoms. The number of nitrogens with one attached hydrogen (secondary N) is 1. The first kappa shape index (κ1) is 13.2. The molecule has 1 aromatic carbocycles. The molecule has 2 atom stereocenters. The fraction of sp³-hybridized carbons (Fsp3) is 0.500. The topological polar surface area (TPSA) is 46.2 Å². The minimum atomic E-state index is -3.23. The van der Waals surface area contributed by atoms with Crippen molar-refractivity contribution in [1.29, 1.82) is 0 Å². The first-order valence-electron chi connectivity index (χ1n) is 5.37. The van der Waals surface area contributed by atoms with Crippen LogP contribution in [0, 0.1) is 6.92 Å². The zero-order chi connectivity index (χ0) is 12.3. The monoisotopic (exact) mass is 241 g/mol. The predicted octanol–water partition coefficient (Wildman–Crippen LogP) is 1.77. The van der Waals surface area contributed by atoms with Crippen LogP contribution in [0.2, 0.25) is 0 Å². The molecule has 1 rings (SSSR count). The second kappa shape index (κ2) is 4.97. The average Bonchev–Trinajstić information content (AvgIpc) is 2.27. The molecule has 16 heavy (non-hydrogen) atoms. The van der Waals surface area contributed by atoms with Gasteiger partial charge in [-0.05, 0) is 40.0 Å². The Balaban J connectivity index is 3.07. The Hall–Kier alpha value is -0.870. The van der Waals surface area contributed by atoms with E-state index in [1.807, 2.05) is 26.0 Å². The van der Waals surface area contributed by atoms with E-state index >= 15 is 0 Å². The van der Waals surface area contributed by atoms with Crippen LogP contribution in [0.4, 0.5) is 0 Å².